The molecular weight excluding hydrogens is 270 g/mol. The smallest absolute Gasteiger partial charge is 0.315 e. The van der Waals surface area contributed by atoms with Gasteiger partial charge in [-0.3, -0.25) is 0 Å². The second kappa shape index (κ2) is 7.39. The Bertz CT molecular complexity index is 553. The average molecular weight is 289 g/mol. The molecule has 0 spiro atoms. The number of carbonyl (C=O) groups excluding carboxylic acids is 1. The molecule has 2 rings (SSSR count). The van der Waals surface area contributed by atoms with Crippen LogP contribution in [0.3, 0.4) is 0 Å². The van der Waals surface area contributed by atoms with Crippen LogP contribution in [0.1, 0.15) is 12.5 Å². The molecular formula is C14H19N5O2. The van der Waals surface area contributed by atoms with Crippen LogP contribution >= 0.6 is 0 Å². The Balaban J connectivity index is 1.80. The Labute approximate surface area is 123 Å². The third-order valence-electron chi connectivity index (χ3n) is 3.03. The van der Waals surface area contributed by atoms with E-state index in [1.165, 1.54) is 6.33 Å². The molecule has 0 aliphatic carbocycles. The number of methoxy groups -OCH3 is 1. The first kappa shape index (κ1) is 15.0. The molecule has 2 amide bonds. The number of nitrogens with one attached hydrogen (secondary N) is 2. The summed E-state index contributed by atoms with van der Waals surface area (Å²) in [6.07, 6.45) is 3.12. The number of carbonyl (C=O) groups is 1. The molecule has 1 heterocycles. The number of hydrogen-bond acceptors (Lipinski definition) is 4. The quantitative estimate of drug-likeness (QED) is 0.834. The monoisotopic (exact) mass is 289 g/mol. The summed E-state index contributed by atoms with van der Waals surface area (Å²) in [5.41, 5.74) is 1.93. The summed E-state index contributed by atoms with van der Waals surface area (Å²) >= 11 is 0. The molecule has 0 saturated heterocycles. The molecule has 0 saturated carbocycles. The summed E-state index contributed by atoms with van der Waals surface area (Å²) < 4.78 is 6.73. The Morgan fingerprint density at radius 1 is 1.33 bits per heavy atom. The van der Waals surface area contributed by atoms with Crippen molar-refractivity contribution in [3.8, 4) is 5.69 Å². The van der Waals surface area contributed by atoms with Crippen LogP contribution in [-0.2, 0) is 11.3 Å². The van der Waals surface area contributed by atoms with Crippen molar-refractivity contribution in [2.75, 3.05) is 13.7 Å². The lowest BCUT2D eigenvalue weighted by molar-refractivity contribution is 0.118. The van der Waals surface area contributed by atoms with Crippen molar-refractivity contribution in [2.24, 2.45) is 0 Å². The van der Waals surface area contributed by atoms with Crippen LogP contribution < -0.4 is 10.6 Å². The van der Waals surface area contributed by atoms with Crippen molar-refractivity contribution >= 4 is 6.03 Å². The summed E-state index contributed by atoms with van der Waals surface area (Å²) in [6, 6.07) is 7.52. The molecule has 1 aromatic carbocycles. The van der Waals surface area contributed by atoms with Gasteiger partial charge in [0.05, 0.1) is 11.8 Å². The molecule has 0 radical (unpaired) electrons. The molecule has 112 valence electrons. The lowest BCUT2D eigenvalue weighted by Gasteiger charge is -2.11. The van der Waals surface area contributed by atoms with Gasteiger partial charge >= 0.3 is 6.03 Å². The maximum absolute atomic E-state index is 11.6. The van der Waals surface area contributed by atoms with Crippen molar-refractivity contribution in [1.82, 2.24) is 25.4 Å². The Morgan fingerprint density at radius 2 is 2.10 bits per heavy atom. The van der Waals surface area contributed by atoms with E-state index in [0.717, 1.165) is 11.3 Å². The predicted octanol–water partition coefficient (Wildman–Crippen LogP) is 1.10. The number of amides is 2. The van der Waals surface area contributed by atoms with Gasteiger partial charge in [-0.05, 0) is 24.6 Å². The molecule has 0 bridgehead atoms. The zero-order valence-electron chi connectivity index (χ0n) is 12.1. The van der Waals surface area contributed by atoms with Gasteiger partial charge in [0, 0.05) is 20.2 Å². The first-order valence-electron chi connectivity index (χ1n) is 6.67. The van der Waals surface area contributed by atoms with Gasteiger partial charge in [-0.1, -0.05) is 12.1 Å². The Morgan fingerprint density at radius 3 is 2.71 bits per heavy atom. The molecule has 2 aromatic rings. The lowest BCUT2D eigenvalue weighted by Crippen LogP contribution is -2.39. The minimum Gasteiger partial charge on any atom is -0.380 e. The van der Waals surface area contributed by atoms with E-state index in [1.54, 1.807) is 18.1 Å². The topological polar surface area (TPSA) is 81.1 Å². The highest BCUT2D eigenvalue weighted by Gasteiger charge is 2.04. The van der Waals surface area contributed by atoms with Crippen molar-refractivity contribution in [2.45, 2.75) is 19.6 Å². The van der Waals surface area contributed by atoms with Gasteiger partial charge in [0.25, 0.3) is 0 Å². The van der Waals surface area contributed by atoms with E-state index in [-0.39, 0.29) is 12.1 Å². The zero-order valence-corrected chi connectivity index (χ0v) is 12.1. The Kier molecular flexibility index (Phi) is 5.28. The molecule has 0 aliphatic heterocycles. The summed E-state index contributed by atoms with van der Waals surface area (Å²) in [6.45, 7) is 2.83. The first-order chi connectivity index (χ1) is 10.2. The number of benzene rings is 1. The lowest BCUT2D eigenvalue weighted by atomic mass is 10.2. The predicted molar refractivity (Wildman–Crippen MR) is 78.1 cm³/mol. The van der Waals surface area contributed by atoms with E-state index in [4.69, 9.17) is 4.74 Å². The molecule has 0 fully saturated rings. The van der Waals surface area contributed by atoms with Crippen molar-refractivity contribution in [3.05, 3.63) is 42.5 Å². The normalized spacial score (nSPS) is 11.9. The molecule has 2 N–H and O–H groups in total. The standard InChI is InChI=1S/C14H19N5O2/c1-11(21-2)7-16-14(20)17-8-12-3-5-13(6-4-12)19-10-15-9-18-19/h3-6,9-11H,7-8H2,1-2H3,(H2,16,17,20)/t11-/m0/s1. The molecule has 7 heteroatoms. The van der Waals surface area contributed by atoms with E-state index in [2.05, 4.69) is 20.7 Å². The van der Waals surface area contributed by atoms with Gasteiger partial charge < -0.3 is 15.4 Å². The molecule has 1 aromatic heterocycles. The van der Waals surface area contributed by atoms with Crippen LogP contribution in [0.5, 0.6) is 0 Å². The van der Waals surface area contributed by atoms with E-state index >= 15 is 0 Å². The number of ether oxygens (including phenoxy) is 1. The third-order valence-corrected chi connectivity index (χ3v) is 3.03. The highest BCUT2D eigenvalue weighted by atomic mass is 16.5. The molecule has 0 aliphatic rings. The number of aromatic nitrogens is 3. The van der Waals surface area contributed by atoms with Crippen LogP contribution in [0.25, 0.3) is 5.69 Å². The van der Waals surface area contributed by atoms with Crippen molar-refractivity contribution < 1.29 is 9.53 Å². The van der Waals surface area contributed by atoms with Gasteiger partial charge in [0.15, 0.2) is 0 Å². The Hall–Kier alpha value is -2.41. The maximum atomic E-state index is 11.6. The van der Waals surface area contributed by atoms with E-state index in [0.29, 0.717) is 13.1 Å². The fourth-order valence-electron chi connectivity index (χ4n) is 1.67. The van der Waals surface area contributed by atoms with Crippen LogP contribution in [0.15, 0.2) is 36.9 Å². The number of hydrogen-bond donors (Lipinski definition) is 2. The van der Waals surface area contributed by atoms with E-state index in [1.807, 2.05) is 31.2 Å². The summed E-state index contributed by atoms with van der Waals surface area (Å²) in [7, 11) is 1.61. The van der Waals surface area contributed by atoms with Crippen molar-refractivity contribution in [3.63, 3.8) is 0 Å². The maximum Gasteiger partial charge on any atom is 0.315 e. The third kappa shape index (κ3) is 4.57. The fourth-order valence-corrected chi connectivity index (χ4v) is 1.67. The number of urea groups is 1. The molecule has 0 unspecified atom stereocenters. The van der Waals surface area contributed by atoms with Gasteiger partial charge in [-0.15, -0.1) is 0 Å². The van der Waals surface area contributed by atoms with Crippen LogP contribution in [-0.4, -0.2) is 40.6 Å². The summed E-state index contributed by atoms with van der Waals surface area (Å²) in [5.74, 6) is 0. The van der Waals surface area contributed by atoms with Gasteiger partial charge in [0.1, 0.15) is 12.7 Å². The number of nitrogens with zero attached hydrogens (tertiary/aromatic N) is 3. The van der Waals surface area contributed by atoms with Crippen LogP contribution in [0, 0.1) is 0 Å². The highest BCUT2D eigenvalue weighted by molar-refractivity contribution is 5.73. The largest absolute Gasteiger partial charge is 0.380 e. The molecule has 7 nitrogen and oxygen atoms in total. The second-order valence-corrected chi connectivity index (χ2v) is 4.62. The minimum atomic E-state index is -0.209. The minimum absolute atomic E-state index is 0.00212. The molecule has 1 atom stereocenters. The van der Waals surface area contributed by atoms with Crippen molar-refractivity contribution in [1.29, 1.82) is 0 Å². The SMILES string of the molecule is CO[C@@H](C)CNC(=O)NCc1ccc(-n2cncn2)cc1. The van der Waals surface area contributed by atoms with Gasteiger partial charge in [0.2, 0.25) is 0 Å². The summed E-state index contributed by atoms with van der Waals surface area (Å²) in [4.78, 5) is 15.5. The average Bonchev–Trinajstić information content (AvgIpc) is 3.05. The van der Waals surface area contributed by atoms with Crippen LogP contribution in [0.2, 0.25) is 0 Å². The van der Waals surface area contributed by atoms with E-state index in [9.17, 15) is 4.79 Å². The zero-order chi connectivity index (χ0) is 15.1. The molecule has 21 heavy (non-hydrogen) atoms. The fraction of sp³-hybridized carbons (Fsp3) is 0.357. The summed E-state index contributed by atoms with van der Waals surface area (Å²) in [5, 5.41) is 9.59. The highest BCUT2D eigenvalue weighted by Crippen LogP contribution is 2.07. The first-order valence-corrected chi connectivity index (χ1v) is 6.67. The number of rotatable bonds is 6. The van der Waals surface area contributed by atoms with E-state index < -0.39 is 0 Å². The van der Waals surface area contributed by atoms with Crippen LogP contribution in [0.4, 0.5) is 4.79 Å². The van der Waals surface area contributed by atoms with Gasteiger partial charge in [-0.25, -0.2) is 14.5 Å². The van der Waals surface area contributed by atoms with Gasteiger partial charge in [-0.2, -0.15) is 5.10 Å². The second-order valence-electron chi connectivity index (χ2n) is 4.62.